The van der Waals surface area contributed by atoms with Crippen molar-refractivity contribution in [3.8, 4) is 0 Å². The number of halogens is 2. The summed E-state index contributed by atoms with van der Waals surface area (Å²) in [5.74, 6) is -1.52. The fraction of sp³-hybridized carbons (Fsp3) is 0.120. The molecule has 5 nitrogen and oxygen atoms in total. The van der Waals surface area contributed by atoms with Gasteiger partial charge in [-0.25, -0.2) is 9.18 Å². The lowest BCUT2D eigenvalue weighted by Gasteiger charge is -2.18. The van der Waals surface area contributed by atoms with Gasteiger partial charge in [0.25, 0.3) is 5.91 Å². The number of aromatic amines is 1. The zero-order valence-electron chi connectivity index (χ0n) is 17.0. The van der Waals surface area contributed by atoms with E-state index in [1.165, 1.54) is 24.3 Å². The number of nitrogens with one attached hydrogen (secondary N) is 2. The van der Waals surface area contributed by atoms with Crippen molar-refractivity contribution < 1.29 is 18.7 Å². The van der Waals surface area contributed by atoms with Gasteiger partial charge in [0.1, 0.15) is 18.5 Å². The highest BCUT2D eigenvalue weighted by molar-refractivity contribution is 6.30. The van der Waals surface area contributed by atoms with E-state index in [2.05, 4.69) is 10.3 Å². The van der Waals surface area contributed by atoms with Crippen molar-refractivity contribution in [3.05, 3.63) is 107 Å². The highest BCUT2D eigenvalue weighted by Gasteiger charge is 2.25. The first-order chi connectivity index (χ1) is 15.5. The Morgan fingerprint density at radius 3 is 2.59 bits per heavy atom. The highest BCUT2D eigenvalue weighted by Crippen LogP contribution is 2.20. The van der Waals surface area contributed by atoms with Gasteiger partial charge >= 0.3 is 5.97 Å². The summed E-state index contributed by atoms with van der Waals surface area (Å²) in [7, 11) is 0. The smallest absolute Gasteiger partial charge is 0.329 e. The maximum atomic E-state index is 13.2. The molecule has 4 rings (SSSR count). The summed E-state index contributed by atoms with van der Waals surface area (Å²) in [4.78, 5) is 28.8. The van der Waals surface area contributed by atoms with Crippen LogP contribution in [0.4, 0.5) is 4.39 Å². The van der Waals surface area contributed by atoms with Gasteiger partial charge in [-0.3, -0.25) is 4.79 Å². The predicted molar refractivity (Wildman–Crippen MR) is 121 cm³/mol. The van der Waals surface area contributed by atoms with Gasteiger partial charge in [0.2, 0.25) is 0 Å². The van der Waals surface area contributed by atoms with E-state index in [1.54, 1.807) is 24.3 Å². The Balaban J connectivity index is 1.54. The lowest BCUT2D eigenvalue weighted by Crippen LogP contribution is -2.43. The summed E-state index contributed by atoms with van der Waals surface area (Å²) >= 11 is 5.99. The number of hydrogen-bond donors (Lipinski definition) is 2. The molecule has 1 heterocycles. The molecule has 1 unspecified atom stereocenters. The number of aromatic nitrogens is 1. The minimum absolute atomic E-state index is 0.0240. The Morgan fingerprint density at radius 2 is 1.81 bits per heavy atom. The highest BCUT2D eigenvalue weighted by atomic mass is 35.5. The van der Waals surface area contributed by atoms with E-state index in [-0.39, 0.29) is 18.6 Å². The number of hydrogen-bond acceptors (Lipinski definition) is 3. The molecule has 32 heavy (non-hydrogen) atoms. The van der Waals surface area contributed by atoms with Crippen molar-refractivity contribution in [2.24, 2.45) is 0 Å². The summed E-state index contributed by atoms with van der Waals surface area (Å²) in [5.41, 5.74) is 2.78. The van der Waals surface area contributed by atoms with E-state index in [0.29, 0.717) is 5.02 Å². The summed E-state index contributed by atoms with van der Waals surface area (Å²) in [5, 5.41) is 4.22. The maximum Gasteiger partial charge on any atom is 0.329 e. The molecule has 1 aromatic heterocycles. The van der Waals surface area contributed by atoms with Crippen LogP contribution in [0.1, 0.15) is 21.5 Å². The topological polar surface area (TPSA) is 71.2 Å². The molecule has 2 N–H and O–H groups in total. The third kappa shape index (κ3) is 5.15. The molecule has 0 aliphatic heterocycles. The van der Waals surface area contributed by atoms with Crippen LogP contribution in [-0.2, 0) is 22.6 Å². The average molecular weight is 451 g/mol. The van der Waals surface area contributed by atoms with E-state index >= 15 is 0 Å². The number of para-hydroxylation sites is 1. The zero-order chi connectivity index (χ0) is 22.5. The number of amides is 1. The van der Waals surface area contributed by atoms with Crippen LogP contribution < -0.4 is 5.32 Å². The predicted octanol–water partition coefficient (Wildman–Crippen LogP) is 5.04. The van der Waals surface area contributed by atoms with Crippen molar-refractivity contribution in [2.45, 2.75) is 19.1 Å². The average Bonchev–Trinajstić information content (AvgIpc) is 3.20. The fourth-order valence-electron chi connectivity index (χ4n) is 3.44. The lowest BCUT2D eigenvalue weighted by atomic mass is 10.0. The minimum atomic E-state index is -0.939. The first-order valence-corrected chi connectivity index (χ1v) is 10.4. The number of carbonyl (C=O) groups excluding carboxylic acids is 2. The van der Waals surface area contributed by atoms with E-state index in [1.807, 2.05) is 30.5 Å². The van der Waals surface area contributed by atoms with Crippen LogP contribution in [0, 0.1) is 5.82 Å². The summed E-state index contributed by atoms with van der Waals surface area (Å²) in [6.07, 6.45) is 2.04. The number of rotatable bonds is 7. The van der Waals surface area contributed by atoms with Gasteiger partial charge in [-0.2, -0.15) is 0 Å². The Morgan fingerprint density at radius 1 is 1.03 bits per heavy atom. The molecule has 0 fully saturated rings. The van der Waals surface area contributed by atoms with E-state index in [0.717, 1.165) is 22.0 Å². The SMILES string of the molecule is O=C(NC(Cc1c[nH]c2ccccc12)C(=O)OCc1cccc(Cl)c1)c1ccc(F)cc1. The van der Waals surface area contributed by atoms with Crippen LogP contribution in [0.25, 0.3) is 10.9 Å². The number of carbonyl (C=O) groups is 2. The second-order valence-corrected chi connectivity index (χ2v) is 7.77. The summed E-state index contributed by atoms with van der Waals surface area (Å²) in [6.45, 7) is 0.0240. The third-order valence-electron chi connectivity index (χ3n) is 5.07. The van der Waals surface area contributed by atoms with Gasteiger partial charge in [0.05, 0.1) is 0 Å². The van der Waals surface area contributed by atoms with E-state index < -0.39 is 23.7 Å². The Labute approximate surface area is 189 Å². The van der Waals surface area contributed by atoms with Crippen LogP contribution in [0.3, 0.4) is 0 Å². The van der Waals surface area contributed by atoms with Crippen molar-refractivity contribution in [3.63, 3.8) is 0 Å². The molecule has 0 saturated heterocycles. The van der Waals surface area contributed by atoms with Gasteiger partial charge in [-0.1, -0.05) is 41.9 Å². The number of H-pyrrole nitrogens is 1. The number of esters is 1. The van der Waals surface area contributed by atoms with Crippen molar-refractivity contribution in [2.75, 3.05) is 0 Å². The largest absolute Gasteiger partial charge is 0.459 e. The van der Waals surface area contributed by atoms with Gasteiger partial charge in [0.15, 0.2) is 0 Å². The molecular weight excluding hydrogens is 431 g/mol. The Hall–Kier alpha value is -3.64. The first kappa shape index (κ1) is 21.6. The quantitative estimate of drug-likeness (QED) is 0.387. The van der Waals surface area contributed by atoms with Gasteiger partial charge in [-0.15, -0.1) is 0 Å². The molecule has 3 aromatic carbocycles. The van der Waals surface area contributed by atoms with Crippen molar-refractivity contribution >= 4 is 34.4 Å². The van der Waals surface area contributed by atoms with Crippen LogP contribution in [-0.4, -0.2) is 22.9 Å². The minimum Gasteiger partial charge on any atom is -0.459 e. The molecule has 4 aromatic rings. The molecule has 1 amide bonds. The molecule has 0 saturated carbocycles. The molecular formula is C25H20ClFN2O3. The molecule has 0 bridgehead atoms. The lowest BCUT2D eigenvalue weighted by molar-refractivity contribution is -0.147. The van der Waals surface area contributed by atoms with Crippen LogP contribution >= 0.6 is 11.6 Å². The normalized spacial score (nSPS) is 11.8. The van der Waals surface area contributed by atoms with Gasteiger partial charge in [-0.05, 0) is 53.6 Å². The Kier molecular flexibility index (Phi) is 6.52. The fourth-order valence-corrected chi connectivity index (χ4v) is 3.65. The first-order valence-electron chi connectivity index (χ1n) is 10.0. The van der Waals surface area contributed by atoms with E-state index in [9.17, 15) is 14.0 Å². The number of benzene rings is 3. The van der Waals surface area contributed by atoms with Gasteiger partial charge in [0, 0.05) is 34.1 Å². The second kappa shape index (κ2) is 9.66. The number of ether oxygens (including phenoxy) is 1. The molecule has 0 aliphatic rings. The molecule has 0 aliphatic carbocycles. The molecule has 1 atom stereocenters. The monoisotopic (exact) mass is 450 g/mol. The second-order valence-electron chi connectivity index (χ2n) is 7.33. The van der Waals surface area contributed by atoms with Crippen LogP contribution in [0.2, 0.25) is 5.02 Å². The molecule has 0 spiro atoms. The van der Waals surface area contributed by atoms with Crippen molar-refractivity contribution in [1.29, 1.82) is 0 Å². The third-order valence-corrected chi connectivity index (χ3v) is 5.30. The number of fused-ring (bicyclic) bond motifs is 1. The van der Waals surface area contributed by atoms with Gasteiger partial charge < -0.3 is 15.0 Å². The molecule has 7 heteroatoms. The summed E-state index contributed by atoms with van der Waals surface area (Å²) in [6, 6.07) is 18.9. The van der Waals surface area contributed by atoms with Crippen LogP contribution in [0.15, 0.2) is 79.0 Å². The maximum absolute atomic E-state index is 13.2. The molecule has 162 valence electrons. The zero-order valence-corrected chi connectivity index (χ0v) is 17.7. The molecule has 0 radical (unpaired) electrons. The van der Waals surface area contributed by atoms with E-state index in [4.69, 9.17) is 16.3 Å². The van der Waals surface area contributed by atoms with Crippen LogP contribution in [0.5, 0.6) is 0 Å². The standard InChI is InChI=1S/C25H20ClFN2O3/c26-19-5-3-4-16(12-19)15-32-25(31)23(29-24(30)17-8-10-20(27)11-9-17)13-18-14-28-22-7-2-1-6-21(18)22/h1-12,14,23,28H,13,15H2,(H,29,30). The summed E-state index contributed by atoms with van der Waals surface area (Å²) < 4.78 is 18.7. The van der Waals surface area contributed by atoms with Crippen molar-refractivity contribution in [1.82, 2.24) is 10.3 Å². The Bertz CT molecular complexity index is 1250.